The second kappa shape index (κ2) is 10.4. The van der Waals surface area contributed by atoms with E-state index in [1.807, 2.05) is 30.3 Å². The molecule has 1 aromatic heterocycles. The topological polar surface area (TPSA) is 84.0 Å². The third kappa shape index (κ3) is 6.14. The molecule has 1 unspecified atom stereocenters. The number of benzene rings is 2. The first-order valence-electron chi connectivity index (χ1n) is 9.63. The van der Waals surface area contributed by atoms with E-state index in [9.17, 15) is 9.59 Å². The lowest BCUT2D eigenvalue weighted by Crippen LogP contribution is -2.19. The van der Waals surface area contributed by atoms with Crippen molar-refractivity contribution in [3.63, 3.8) is 0 Å². The van der Waals surface area contributed by atoms with Crippen LogP contribution in [0.25, 0.3) is 0 Å². The van der Waals surface area contributed by atoms with E-state index >= 15 is 0 Å². The first kappa shape index (κ1) is 22.0. The van der Waals surface area contributed by atoms with Crippen LogP contribution < -0.4 is 10.6 Å². The standard InChI is InChI=1S/C22H24N4O2S2/c1-14(2)13-23-21-25-26-22(30-21)29-19(16-8-5-4-6-9-16)20(28)24-18-11-7-10-17(12-18)15(3)27/h4-12,14,19H,13H2,1-3H3,(H,23,25)(H,24,28). The van der Waals surface area contributed by atoms with Crippen LogP contribution in [0.4, 0.5) is 10.8 Å². The number of carbonyl (C=O) groups is 2. The molecule has 0 aliphatic rings. The summed E-state index contributed by atoms with van der Waals surface area (Å²) >= 11 is 2.79. The molecule has 2 aromatic carbocycles. The average Bonchev–Trinajstić information content (AvgIpc) is 3.19. The molecule has 0 spiro atoms. The molecule has 0 saturated carbocycles. The molecule has 0 saturated heterocycles. The lowest BCUT2D eigenvalue weighted by atomic mass is 10.1. The number of nitrogens with one attached hydrogen (secondary N) is 2. The summed E-state index contributed by atoms with van der Waals surface area (Å²) in [6.07, 6.45) is 0. The molecule has 3 rings (SSSR count). The van der Waals surface area contributed by atoms with E-state index in [0.29, 0.717) is 21.5 Å². The van der Waals surface area contributed by atoms with Gasteiger partial charge in [0.25, 0.3) is 0 Å². The van der Waals surface area contributed by atoms with Gasteiger partial charge in [0.05, 0.1) is 0 Å². The summed E-state index contributed by atoms with van der Waals surface area (Å²) in [6.45, 7) is 6.57. The highest BCUT2D eigenvalue weighted by atomic mass is 32.2. The lowest BCUT2D eigenvalue weighted by Gasteiger charge is -2.16. The van der Waals surface area contributed by atoms with E-state index in [2.05, 4.69) is 34.7 Å². The van der Waals surface area contributed by atoms with Gasteiger partial charge in [-0.25, -0.2) is 0 Å². The quantitative estimate of drug-likeness (QED) is 0.348. The number of rotatable bonds is 9. The highest BCUT2D eigenvalue weighted by molar-refractivity contribution is 8.02. The van der Waals surface area contributed by atoms with Gasteiger partial charge in [0.1, 0.15) is 5.25 Å². The summed E-state index contributed by atoms with van der Waals surface area (Å²) < 4.78 is 0.711. The lowest BCUT2D eigenvalue weighted by molar-refractivity contribution is -0.115. The average molecular weight is 441 g/mol. The minimum Gasteiger partial charge on any atom is -0.360 e. The molecule has 1 atom stereocenters. The van der Waals surface area contributed by atoms with Crippen molar-refractivity contribution in [3.05, 3.63) is 65.7 Å². The summed E-state index contributed by atoms with van der Waals surface area (Å²) in [5, 5.41) is 14.8. The van der Waals surface area contributed by atoms with Gasteiger partial charge in [0.15, 0.2) is 10.1 Å². The summed E-state index contributed by atoms with van der Waals surface area (Å²) in [6, 6.07) is 16.5. The summed E-state index contributed by atoms with van der Waals surface area (Å²) in [7, 11) is 0. The number of amides is 1. The molecule has 0 aliphatic carbocycles. The van der Waals surface area contributed by atoms with Gasteiger partial charge >= 0.3 is 0 Å². The molecule has 6 nitrogen and oxygen atoms in total. The maximum absolute atomic E-state index is 13.1. The van der Waals surface area contributed by atoms with Crippen LogP contribution in [0.15, 0.2) is 58.9 Å². The van der Waals surface area contributed by atoms with Gasteiger partial charge in [0.2, 0.25) is 11.0 Å². The van der Waals surface area contributed by atoms with Gasteiger partial charge in [-0.1, -0.05) is 79.4 Å². The molecule has 30 heavy (non-hydrogen) atoms. The Labute approximate surface area is 184 Å². The zero-order chi connectivity index (χ0) is 21.5. The van der Waals surface area contributed by atoms with Crippen molar-refractivity contribution < 1.29 is 9.59 Å². The zero-order valence-corrected chi connectivity index (χ0v) is 18.7. The first-order chi connectivity index (χ1) is 14.4. The normalized spacial score (nSPS) is 11.9. The van der Waals surface area contributed by atoms with Gasteiger partial charge in [-0.3, -0.25) is 9.59 Å². The molecule has 0 aliphatic heterocycles. The second-order valence-corrected chi connectivity index (χ2v) is 9.51. The van der Waals surface area contributed by atoms with Crippen LogP contribution in [0, 0.1) is 5.92 Å². The minimum atomic E-state index is -0.502. The highest BCUT2D eigenvalue weighted by Crippen LogP contribution is 2.38. The third-order valence-electron chi connectivity index (χ3n) is 4.16. The van der Waals surface area contributed by atoms with Crippen LogP contribution in [0.3, 0.4) is 0 Å². The van der Waals surface area contributed by atoms with E-state index in [1.165, 1.54) is 30.0 Å². The number of ketones is 1. The van der Waals surface area contributed by atoms with Crippen molar-refractivity contribution in [2.24, 2.45) is 5.92 Å². The molecular formula is C22H24N4O2S2. The Kier molecular flexibility index (Phi) is 7.59. The number of Topliss-reactive ketones (excluding diaryl/α,β-unsaturated/α-hetero) is 1. The number of aromatic nitrogens is 2. The summed E-state index contributed by atoms with van der Waals surface area (Å²) in [4.78, 5) is 24.8. The van der Waals surface area contributed by atoms with Crippen molar-refractivity contribution in [1.82, 2.24) is 10.2 Å². The van der Waals surface area contributed by atoms with Crippen LogP contribution in [0.1, 0.15) is 41.9 Å². The molecule has 0 fully saturated rings. The van der Waals surface area contributed by atoms with E-state index in [1.54, 1.807) is 24.3 Å². The molecule has 3 aromatic rings. The van der Waals surface area contributed by atoms with Crippen molar-refractivity contribution >= 4 is 45.6 Å². The largest absolute Gasteiger partial charge is 0.360 e. The predicted molar refractivity (Wildman–Crippen MR) is 123 cm³/mol. The fourth-order valence-corrected chi connectivity index (χ4v) is 4.60. The van der Waals surface area contributed by atoms with Gasteiger partial charge in [-0.15, -0.1) is 10.2 Å². The Bertz CT molecular complexity index is 1010. The highest BCUT2D eigenvalue weighted by Gasteiger charge is 2.24. The number of anilines is 2. The molecule has 8 heteroatoms. The van der Waals surface area contributed by atoms with Crippen LogP contribution >= 0.6 is 23.1 Å². The number of thioether (sulfide) groups is 1. The van der Waals surface area contributed by atoms with Crippen molar-refractivity contribution in [2.75, 3.05) is 17.2 Å². The Morgan fingerprint density at radius 3 is 2.53 bits per heavy atom. The smallest absolute Gasteiger partial charge is 0.242 e. The second-order valence-electron chi connectivity index (χ2n) is 7.18. The molecule has 1 heterocycles. The maximum Gasteiger partial charge on any atom is 0.242 e. The fourth-order valence-electron chi connectivity index (χ4n) is 2.65. The third-order valence-corrected chi connectivity index (χ3v) is 6.38. The van der Waals surface area contributed by atoms with E-state index in [-0.39, 0.29) is 11.7 Å². The van der Waals surface area contributed by atoms with Crippen molar-refractivity contribution in [3.8, 4) is 0 Å². The Morgan fingerprint density at radius 1 is 1.07 bits per heavy atom. The summed E-state index contributed by atoms with van der Waals surface area (Å²) in [5.41, 5.74) is 2.02. The SMILES string of the molecule is CC(=O)c1cccc(NC(=O)C(Sc2nnc(NCC(C)C)s2)c2ccccc2)c1. The van der Waals surface area contributed by atoms with Crippen LogP contribution in [-0.2, 0) is 4.79 Å². The molecular weight excluding hydrogens is 416 g/mol. The van der Waals surface area contributed by atoms with E-state index in [4.69, 9.17) is 0 Å². The monoisotopic (exact) mass is 440 g/mol. The summed E-state index contributed by atoms with van der Waals surface area (Å²) in [5.74, 6) is 0.271. The van der Waals surface area contributed by atoms with E-state index in [0.717, 1.165) is 17.2 Å². The molecule has 0 bridgehead atoms. The molecule has 2 N–H and O–H groups in total. The van der Waals surface area contributed by atoms with Gasteiger partial charge in [0, 0.05) is 17.8 Å². The van der Waals surface area contributed by atoms with Gasteiger partial charge in [-0.2, -0.15) is 0 Å². The van der Waals surface area contributed by atoms with Crippen LogP contribution in [0.2, 0.25) is 0 Å². The Hall–Kier alpha value is -2.71. The maximum atomic E-state index is 13.1. The predicted octanol–water partition coefficient (Wildman–Crippen LogP) is 5.28. The molecule has 1 amide bonds. The Balaban J connectivity index is 1.78. The molecule has 156 valence electrons. The van der Waals surface area contributed by atoms with Crippen LogP contribution in [0.5, 0.6) is 0 Å². The number of carbonyl (C=O) groups excluding carboxylic acids is 2. The van der Waals surface area contributed by atoms with E-state index < -0.39 is 5.25 Å². The van der Waals surface area contributed by atoms with Crippen LogP contribution in [-0.4, -0.2) is 28.4 Å². The molecule has 0 radical (unpaired) electrons. The van der Waals surface area contributed by atoms with Crippen molar-refractivity contribution in [2.45, 2.75) is 30.4 Å². The van der Waals surface area contributed by atoms with Gasteiger partial charge in [-0.05, 0) is 30.5 Å². The fraction of sp³-hybridized carbons (Fsp3) is 0.273. The minimum absolute atomic E-state index is 0.0460. The first-order valence-corrected chi connectivity index (χ1v) is 11.3. The van der Waals surface area contributed by atoms with Gasteiger partial charge < -0.3 is 10.6 Å². The zero-order valence-electron chi connectivity index (χ0n) is 17.1. The number of nitrogens with zero attached hydrogens (tertiary/aromatic N) is 2. The Morgan fingerprint density at radius 2 is 1.83 bits per heavy atom. The number of hydrogen-bond acceptors (Lipinski definition) is 7. The van der Waals surface area contributed by atoms with Crippen molar-refractivity contribution in [1.29, 1.82) is 0 Å². The number of hydrogen-bond donors (Lipinski definition) is 2.